The van der Waals surface area contributed by atoms with Crippen LogP contribution in [0.4, 0.5) is 4.39 Å². The largest absolute Gasteiger partial charge is 0.487 e. The Hall–Kier alpha value is -1.87. The third-order valence-electron chi connectivity index (χ3n) is 6.41. The Labute approximate surface area is 207 Å². The molecule has 0 spiro atoms. The summed E-state index contributed by atoms with van der Waals surface area (Å²) in [5.74, 6) is 1.46. The van der Waals surface area contributed by atoms with Gasteiger partial charge in [-0.25, -0.2) is 4.39 Å². The molecule has 5 nitrogen and oxygen atoms in total. The highest BCUT2D eigenvalue weighted by Gasteiger charge is 2.36. The lowest BCUT2D eigenvalue weighted by atomic mass is 9.74. The van der Waals surface area contributed by atoms with Crippen LogP contribution >= 0.6 is 24.0 Å². The Bertz CT molecular complexity index is 927. The maximum atomic E-state index is 13.5. The average Bonchev–Trinajstić information content (AvgIpc) is 2.77. The summed E-state index contributed by atoms with van der Waals surface area (Å²) >= 11 is 0. The Balaban J connectivity index is 0.00000289. The number of aliphatic imine (C=N–C) groups is 1. The van der Waals surface area contributed by atoms with E-state index < -0.39 is 0 Å². The second kappa shape index (κ2) is 10.4. The van der Waals surface area contributed by atoms with Crippen LogP contribution in [0.15, 0.2) is 53.5 Å². The number of nitrogens with zero attached hydrogens (tertiary/aromatic N) is 1. The maximum Gasteiger partial charge on any atom is 0.191 e. The average molecular weight is 553 g/mol. The van der Waals surface area contributed by atoms with Crippen LogP contribution in [-0.4, -0.2) is 38.4 Å². The number of halogens is 2. The van der Waals surface area contributed by atoms with Crippen LogP contribution in [0.2, 0.25) is 0 Å². The van der Waals surface area contributed by atoms with Crippen LogP contribution in [-0.2, 0) is 10.2 Å². The summed E-state index contributed by atoms with van der Waals surface area (Å²) in [4.78, 5) is 4.49. The molecule has 0 aliphatic carbocycles. The number of benzene rings is 2. The molecule has 0 radical (unpaired) electrons. The molecule has 0 bridgehead atoms. The summed E-state index contributed by atoms with van der Waals surface area (Å²) in [7, 11) is 1.79. The fraction of sp³-hybridized carbons (Fsp3) is 0.480. The van der Waals surface area contributed by atoms with Crippen molar-refractivity contribution in [3.05, 3.63) is 65.5 Å². The molecule has 2 aliphatic rings. The van der Waals surface area contributed by atoms with E-state index in [2.05, 4.69) is 35.5 Å². The van der Waals surface area contributed by atoms with Gasteiger partial charge in [0.05, 0.1) is 6.04 Å². The van der Waals surface area contributed by atoms with Gasteiger partial charge in [0, 0.05) is 44.2 Å². The van der Waals surface area contributed by atoms with Crippen molar-refractivity contribution in [3.63, 3.8) is 0 Å². The van der Waals surface area contributed by atoms with Crippen molar-refractivity contribution < 1.29 is 13.9 Å². The summed E-state index contributed by atoms with van der Waals surface area (Å²) in [5.41, 5.74) is 1.90. The third kappa shape index (κ3) is 5.54. The molecule has 1 unspecified atom stereocenters. The zero-order valence-electron chi connectivity index (χ0n) is 19.0. The lowest BCUT2D eigenvalue weighted by Crippen LogP contribution is -2.50. The summed E-state index contributed by atoms with van der Waals surface area (Å²) in [6, 6.07) is 15.1. The molecule has 2 aliphatic heterocycles. The molecule has 0 saturated carbocycles. The highest BCUT2D eigenvalue weighted by molar-refractivity contribution is 14.0. The van der Waals surface area contributed by atoms with Crippen LogP contribution in [0.1, 0.15) is 50.3 Å². The van der Waals surface area contributed by atoms with Gasteiger partial charge in [-0.2, -0.15) is 0 Å². The number of para-hydroxylation sites is 1. The van der Waals surface area contributed by atoms with Gasteiger partial charge in [0.15, 0.2) is 5.96 Å². The van der Waals surface area contributed by atoms with Crippen molar-refractivity contribution in [2.75, 3.05) is 26.8 Å². The minimum Gasteiger partial charge on any atom is -0.487 e. The summed E-state index contributed by atoms with van der Waals surface area (Å²) in [5, 5.41) is 7.15. The lowest BCUT2D eigenvalue weighted by molar-refractivity contribution is 0.0511. The second-order valence-corrected chi connectivity index (χ2v) is 9.13. The van der Waals surface area contributed by atoms with E-state index in [0.29, 0.717) is 19.8 Å². The van der Waals surface area contributed by atoms with Gasteiger partial charge < -0.3 is 20.1 Å². The molecule has 174 valence electrons. The smallest absolute Gasteiger partial charge is 0.191 e. The van der Waals surface area contributed by atoms with E-state index >= 15 is 0 Å². The van der Waals surface area contributed by atoms with E-state index in [1.165, 1.54) is 0 Å². The quantitative estimate of drug-likeness (QED) is 0.320. The first-order chi connectivity index (χ1) is 14.9. The topological polar surface area (TPSA) is 54.9 Å². The number of ether oxygens (including phenoxy) is 2. The van der Waals surface area contributed by atoms with Gasteiger partial charge in [-0.3, -0.25) is 4.99 Å². The van der Waals surface area contributed by atoms with E-state index in [-0.39, 0.29) is 46.9 Å². The van der Waals surface area contributed by atoms with Crippen molar-refractivity contribution >= 4 is 29.9 Å². The van der Waals surface area contributed by atoms with Crippen LogP contribution in [0, 0.1) is 5.82 Å². The maximum absolute atomic E-state index is 13.5. The van der Waals surface area contributed by atoms with Crippen LogP contribution in [0.5, 0.6) is 5.75 Å². The molecule has 1 fully saturated rings. The van der Waals surface area contributed by atoms with Crippen LogP contribution in [0.25, 0.3) is 0 Å². The number of guanidine groups is 1. The van der Waals surface area contributed by atoms with E-state index in [4.69, 9.17) is 9.47 Å². The van der Waals surface area contributed by atoms with Gasteiger partial charge in [-0.15, -0.1) is 24.0 Å². The summed E-state index contributed by atoms with van der Waals surface area (Å²) in [6.07, 6.45) is 2.60. The van der Waals surface area contributed by atoms with Gasteiger partial charge in [0.1, 0.15) is 17.2 Å². The number of hydrogen-bond donors (Lipinski definition) is 2. The highest BCUT2D eigenvalue weighted by Crippen LogP contribution is 2.39. The van der Waals surface area contributed by atoms with Crippen molar-refractivity contribution in [2.45, 2.75) is 50.2 Å². The molecule has 2 N–H and O–H groups in total. The fourth-order valence-electron chi connectivity index (χ4n) is 4.68. The summed E-state index contributed by atoms with van der Waals surface area (Å²) < 4.78 is 25.3. The van der Waals surface area contributed by atoms with E-state index in [1.807, 2.05) is 30.3 Å². The van der Waals surface area contributed by atoms with E-state index in [1.54, 1.807) is 19.2 Å². The number of rotatable bonds is 4. The zero-order chi connectivity index (χ0) is 21.9. The van der Waals surface area contributed by atoms with Crippen molar-refractivity contribution in [3.8, 4) is 5.75 Å². The molecular weight excluding hydrogens is 520 g/mol. The van der Waals surface area contributed by atoms with Crippen molar-refractivity contribution in [1.29, 1.82) is 0 Å². The Morgan fingerprint density at radius 2 is 1.78 bits per heavy atom. The minimum absolute atomic E-state index is 0. The normalized spacial score (nSPS) is 21.5. The third-order valence-corrected chi connectivity index (χ3v) is 6.41. The first-order valence-electron chi connectivity index (χ1n) is 11.0. The van der Waals surface area contributed by atoms with Crippen LogP contribution in [0.3, 0.4) is 0 Å². The van der Waals surface area contributed by atoms with Crippen molar-refractivity contribution in [1.82, 2.24) is 10.6 Å². The standard InChI is InChI=1S/C25H32FN3O2.HI/c1-24(2)16-21(20-6-4-5-7-22(20)31-24)29-23(27-3)28-17-25(12-14-30-15-13-25)18-8-10-19(26)11-9-18;/h4-11,21H,12-17H2,1-3H3,(H2,27,28,29);1H. The first kappa shape index (κ1) is 24.8. The molecular formula is C25H33FIN3O2. The first-order valence-corrected chi connectivity index (χ1v) is 11.0. The SMILES string of the molecule is CN=C(NCC1(c2ccc(F)cc2)CCOCC1)NC1CC(C)(C)Oc2ccccc21.I. The van der Waals surface area contributed by atoms with Gasteiger partial charge in [0.2, 0.25) is 0 Å². The molecule has 1 saturated heterocycles. The molecule has 4 rings (SSSR count). The summed E-state index contributed by atoms with van der Waals surface area (Å²) in [6.45, 7) is 6.33. The number of nitrogens with one attached hydrogen (secondary N) is 2. The lowest BCUT2D eigenvalue weighted by Gasteiger charge is -2.40. The monoisotopic (exact) mass is 553 g/mol. The Morgan fingerprint density at radius 3 is 2.47 bits per heavy atom. The molecule has 2 aromatic rings. The van der Waals surface area contributed by atoms with Gasteiger partial charge in [0.25, 0.3) is 0 Å². The predicted octanol–water partition coefficient (Wildman–Crippen LogP) is 4.96. The second-order valence-electron chi connectivity index (χ2n) is 9.13. The molecule has 2 aromatic carbocycles. The van der Waals surface area contributed by atoms with E-state index in [0.717, 1.165) is 42.1 Å². The minimum atomic E-state index is -0.263. The van der Waals surface area contributed by atoms with Gasteiger partial charge in [-0.05, 0) is 50.5 Å². The van der Waals surface area contributed by atoms with Gasteiger partial charge in [-0.1, -0.05) is 30.3 Å². The zero-order valence-corrected chi connectivity index (χ0v) is 21.3. The number of fused-ring (bicyclic) bond motifs is 1. The Morgan fingerprint density at radius 1 is 1.09 bits per heavy atom. The van der Waals surface area contributed by atoms with Gasteiger partial charge >= 0.3 is 0 Å². The molecule has 1 atom stereocenters. The molecule has 7 heteroatoms. The predicted molar refractivity (Wildman–Crippen MR) is 137 cm³/mol. The Kier molecular flexibility index (Phi) is 8.03. The molecule has 0 aromatic heterocycles. The van der Waals surface area contributed by atoms with E-state index in [9.17, 15) is 4.39 Å². The van der Waals surface area contributed by atoms with Crippen molar-refractivity contribution in [2.24, 2.45) is 4.99 Å². The molecule has 0 amide bonds. The molecule has 32 heavy (non-hydrogen) atoms. The fourth-order valence-corrected chi connectivity index (χ4v) is 4.68. The number of hydrogen-bond acceptors (Lipinski definition) is 3. The van der Waals surface area contributed by atoms with Crippen LogP contribution < -0.4 is 15.4 Å². The molecule has 2 heterocycles. The highest BCUT2D eigenvalue weighted by atomic mass is 127.